The van der Waals surface area contributed by atoms with Crippen LogP contribution in [0, 0.1) is 0 Å². The van der Waals surface area contributed by atoms with Gasteiger partial charge in [0, 0.05) is 12.5 Å². The largest absolute Gasteiger partial charge is 0.406 e. The monoisotopic (exact) mass is 306 g/mol. The van der Waals surface area contributed by atoms with Crippen molar-refractivity contribution in [3.63, 3.8) is 0 Å². The van der Waals surface area contributed by atoms with E-state index in [0.29, 0.717) is 30.8 Å². The van der Waals surface area contributed by atoms with E-state index in [1.54, 1.807) is 0 Å². The summed E-state index contributed by atoms with van der Waals surface area (Å²) in [5.74, 6) is -1.09. The highest BCUT2D eigenvalue weighted by molar-refractivity contribution is 5.76. The fourth-order valence-corrected chi connectivity index (χ4v) is 2.12. The normalized spacial score (nSPS) is 18.1. The maximum Gasteiger partial charge on any atom is 0.406 e. The molecule has 0 spiro atoms. The van der Waals surface area contributed by atoms with Crippen molar-refractivity contribution in [2.24, 2.45) is 0 Å². The minimum absolute atomic E-state index is 0.313. The molecular formula is C11H16F6N2O. The Morgan fingerprint density at radius 2 is 1.60 bits per heavy atom. The molecule has 1 heterocycles. The average Bonchev–Trinajstić information content (AvgIpc) is 2.32. The lowest BCUT2D eigenvalue weighted by Gasteiger charge is -2.35. The molecule has 1 N–H and O–H groups in total. The van der Waals surface area contributed by atoms with E-state index in [1.165, 1.54) is 0 Å². The predicted octanol–water partition coefficient (Wildman–Crippen LogP) is 2.47. The molecule has 1 saturated heterocycles. The van der Waals surface area contributed by atoms with Crippen molar-refractivity contribution in [3.8, 4) is 0 Å². The molecule has 1 fully saturated rings. The van der Waals surface area contributed by atoms with Crippen LogP contribution >= 0.6 is 0 Å². The third kappa shape index (κ3) is 6.44. The topological polar surface area (TPSA) is 32.3 Å². The van der Waals surface area contributed by atoms with Crippen molar-refractivity contribution in [3.05, 3.63) is 0 Å². The second-order valence-corrected chi connectivity index (χ2v) is 4.73. The SMILES string of the molecule is O=C(CCC(F)(F)F)N(CC(F)(F)F)C1CCNCC1. The van der Waals surface area contributed by atoms with Gasteiger partial charge in [-0.05, 0) is 25.9 Å². The minimum Gasteiger partial charge on any atom is -0.331 e. The molecule has 0 aromatic rings. The number of nitrogens with zero attached hydrogens (tertiary/aromatic N) is 1. The van der Waals surface area contributed by atoms with Gasteiger partial charge in [-0.1, -0.05) is 0 Å². The highest BCUT2D eigenvalue weighted by Crippen LogP contribution is 2.25. The Kier molecular flexibility index (Phi) is 5.67. The highest BCUT2D eigenvalue weighted by Gasteiger charge is 2.38. The minimum atomic E-state index is -4.61. The first-order chi connectivity index (χ1) is 9.08. The summed E-state index contributed by atoms with van der Waals surface area (Å²) in [6.45, 7) is -0.592. The van der Waals surface area contributed by atoms with E-state index in [1.807, 2.05) is 0 Å². The van der Waals surface area contributed by atoms with Gasteiger partial charge in [0.15, 0.2) is 0 Å². The van der Waals surface area contributed by atoms with Gasteiger partial charge in [-0.3, -0.25) is 4.79 Å². The van der Waals surface area contributed by atoms with Crippen molar-refractivity contribution in [2.45, 2.75) is 44.1 Å². The molecule has 20 heavy (non-hydrogen) atoms. The van der Waals surface area contributed by atoms with Crippen LogP contribution in [0.4, 0.5) is 26.3 Å². The van der Waals surface area contributed by atoms with Gasteiger partial charge < -0.3 is 10.2 Å². The summed E-state index contributed by atoms with van der Waals surface area (Å²) in [6, 6.07) is -0.654. The number of rotatable bonds is 4. The van der Waals surface area contributed by atoms with E-state index < -0.39 is 43.7 Å². The fourth-order valence-electron chi connectivity index (χ4n) is 2.12. The van der Waals surface area contributed by atoms with Crippen molar-refractivity contribution >= 4 is 5.91 Å². The Balaban J connectivity index is 2.67. The molecule has 0 atom stereocenters. The number of halogens is 6. The third-order valence-corrected chi connectivity index (χ3v) is 3.04. The molecule has 9 heteroatoms. The number of hydrogen-bond donors (Lipinski definition) is 1. The van der Waals surface area contributed by atoms with Crippen LogP contribution in [0.25, 0.3) is 0 Å². The number of hydrogen-bond acceptors (Lipinski definition) is 2. The summed E-state index contributed by atoms with van der Waals surface area (Å²) in [6.07, 6.45) is -10.9. The molecule has 1 aliphatic rings. The van der Waals surface area contributed by atoms with Gasteiger partial charge >= 0.3 is 12.4 Å². The van der Waals surface area contributed by atoms with E-state index in [4.69, 9.17) is 0 Å². The summed E-state index contributed by atoms with van der Waals surface area (Å²) >= 11 is 0. The first-order valence-electron chi connectivity index (χ1n) is 6.22. The zero-order valence-corrected chi connectivity index (χ0v) is 10.7. The molecule has 118 valence electrons. The van der Waals surface area contributed by atoms with Gasteiger partial charge in [0.25, 0.3) is 0 Å². The molecule has 1 rings (SSSR count). The smallest absolute Gasteiger partial charge is 0.331 e. The summed E-state index contributed by atoms with van der Waals surface area (Å²) in [7, 11) is 0. The van der Waals surface area contributed by atoms with Crippen molar-refractivity contribution in [2.75, 3.05) is 19.6 Å². The molecule has 0 saturated carbocycles. The van der Waals surface area contributed by atoms with Crippen molar-refractivity contribution in [1.29, 1.82) is 0 Å². The number of carbonyl (C=O) groups excluding carboxylic acids is 1. The van der Waals surface area contributed by atoms with Crippen molar-refractivity contribution in [1.82, 2.24) is 10.2 Å². The summed E-state index contributed by atoms with van der Waals surface area (Å²) in [5.41, 5.74) is 0. The third-order valence-electron chi connectivity index (χ3n) is 3.04. The molecule has 0 bridgehead atoms. The number of nitrogens with one attached hydrogen (secondary N) is 1. The van der Waals surface area contributed by atoms with Crippen LogP contribution in [0.5, 0.6) is 0 Å². The molecule has 0 aromatic heterocycles. The predicted molar refractivity (Wildman–Crippen MR) is 58.9 cm³/mol. The standard InChI is InChI=1S/C11H16F6N2O/c12-10(13,14)4-1-9(20)19(7-11(15,16)17)8-2-5-18-6-3-8/h8,18H,1-7H2. The van der Waals surface area contributed by atoms with Gasteiger partial charge in [0.2, 0.25) is 5.91 Å². The Morgan fingerprint density at radius 1 is 1.05 bits per heavy atom. The summed E-state index contributed by atoms with van der Waals surface area (Å²) < 4.78 is 73.6. The molecule has 3 nitrogen and oxygen atoms in total. The molecule has 0 radical (unpaired) electrons. The molecule has 1 aliphatic heterocycles. The first kappa shape index (κ1) is 17.1. The second-order valence-electron chi connectivity index (χ2n) is 4.73. The Hall–Kier alpha value is -0.990. The number of piperidine rings is 1. The fraction of sp³-hybridized carbons (Fsp3) is 0.909. The molecule has 0 unspecified atom stereocenters. The van der Waals surface area contributed by atoms with Gasteiger partial charge in [-0.2, -0.15) is 26.3 Å². The van der Waals surface area contributed by atoms with E-state index in [-0.39, 0.29) is 0 Å². The quantitative estimate of drug-likeness (QED) is 0.809. The van der Waals surface area contributed by atoms with Gasteiger partial charge in [0.1, 0.15) is 6.54 Å². The van der Waals surface area contributed by atoms with Crippen LogP contribution in [0.2, 0.25) is 0 Å². The summed E-state index contributed by atoms with van der Waals surface area (Å²) in [5, 5.41) is 2.93. The lowest BCUT2D eigenvalue weighted by atomic mass is 10.0. The number of amides is 1. The van der Waals surface area contributed by atoms with Crippen LogP contribution in [-0.2, 0) is 4.79 Å². The highest BCUT2D eigenvalue weighted by atomic mass is 19.4. The van der Waals surface area contributed by atoms with E-state index >= 15 is 0 Å². The number of alkyl halides is 6. The van der Waals surface area contributed by atoms with Crippen LogP contribution in [0.1, 0.15) is 25.7 Å². The van der Waals surface area contributed by atoms with Gasteiger partial charge in [0.05, 0.1) is 6.42 Å². The number of carbonyl (C=O) groups is 1. The van der Waals surface area contributed by atoms with Crippen LogP contribution < -0.4 is 5.32 Å². The Labute approximate surface area is 112 Å². The maximum atomic E-state index is 12.5. The summed E-state index contributed by atoms with van der Waals surface area (Å²) in [4.78, 5) is 12.2. The lowest BCUT2D eigenvalue weighted by Crippen LogP contribution is -2.49. The van der Waals surface area contributed by atoms with E-state index in [0.717, 1.165) is 0 Å². The molecule has 0 aliphatic carbocycles. The maximum absolute atomic E-state index is 12.5. The van der Waals surface area contributed by atoms with Crippen LogP contribution in [0.3, 0.4) is 0 Å². The second kappa shape index (κ2) is 6.64. The van der Waals surface area contributed by atoms with Crippen LogP contribution in [0.15, 0.2) is 0 Å². The van der Waals surface area contributed by atoms with Gasteiger partial charge in [-0.25, -0.2) is 0 Å². The first-order valence-corrected chi connectivity index (χ1v) is 6.22. The van der Waals surface area contributed by atoms with Crippen LogP contribution in [-0.4, -0.2) is 48.8 Å². The zero-order chi connectivity index (χ0) is 15.4. The molecule has 1 amide bonds. The molecule has 0 aromatic carbocycles. The lowest BCUT2D eigenvalue weighted by molar-refractivity contribution is -0.171. The average molecular weight is 306 g/mol. The van der Waals surface area contributed by atoms with E-state index in [9.17, 15) is 31.1 Å². The Morgan fingerprint density at radius 3 is 2.05 bits per heavy atom. The van der Waals surface area contributed by atoms with E-state index in [2.05, 4.69) is 5.32 Å². The zero-order valence-electron chi connectivity index (χ0n) is 10.7. The van der Waals surface area contributed by atoms with Gasteiger partial charge in [-0.15, -0.1) is 0 Å². The Bertz CT molecular complexity index is 322. The molecular weight excluding hydrogens is 290 g/mol. The van der Waals surface area contributed by atoms with Crippen molar-refractivity contribution < 1.29 is 31.1 Å².